The van der Waals surface area contributed by atoms with Crippen molar-refractivity contribution in [3.8, 4) is 0 Å². The molecule has 0 bridgehead atoms. The number of nitrogens with two attached hydrogens (primary N) is 1. The van der Waals surface area contributed by atoms with Crippen LogP contribution in [0.4, 0.5) is 24.5 Å². The second-order valence-electron chi connectivity index (χ2n) is 4.60. The molecule has 2 N–H and O–H groups in total. The van der Waals surface area contributed by atoms with E-state index in [1.807, 2.05) is 0 Å². The third-order valence-corrected chi connectivity index (χ3v) is 2.80. The Balaban J connectivity index is 2.99. The van der Waals surface area contributed by atoms with Crippen LogP contribution in [-0.2, 0) is 0 Å². The van der Waals surface area contributed by atoms with Gasteiger partial charge in [-0.25, -0.2) is 0 Å². The first-order chi connectivity index (χ1) is 9.15. The molecule has 20 heavy (non-hydrogen) atoms. The molecule has 0 aliphatic rings. The number of amides is 1. The van der Waals surface area contributed by atoms with E-state index in [9.17, 15) is 18.0 Å². The van der Waals surface area contributed by atoms with E-state index in [1.54, 1.807) is 25.1 Å². The van der Waals surface area contributed by atoms with Crippen LogP contribution >= 0.6 is 0 Å². The molecule has 0 spiro atoms. The van der Waals surface area contributed by atoms with Gasteiger partial charge in [-0.05, 0) is 25.1 Å². The molecule has 0 unspecified atom stereocenters. The minimum absolute atomic E-state index is 0.0202. The van der Waals surface area contributed by atoms with Gasteiger partial charge in [0.15, 0.2) is 0 Å². The van der Waals surface area contributed by atoms with Crippen molar-refractivity contribution in [2.75, 3.05) is 37.8 Å². The highest BCUT2D eigenvalue weighted by atomic mass is 19.4. The number of alkyl halides is 3. The number of carbonyl (C=O) groups excluding carboxylic acids is 1. The summed E-state index contributed by atoms with van der Waals surface area (Å²) >= 11 is 0. The summed E-state index contributed by atoms with van der Waals surface area (Å²) in [4.78, 5) is 14.5. The monoisotopic (exact) mass is 289 g/mol. The summed E-state index contributed by atoms with van der Waals surface area (Å²) in [5.41, 5.74) is 7.01. The van der Waals surface area contributed by atoms with Crippen LogP contribution in [0.2, 0.25) is 0 Å². The lowest BCUT2D eigenvalue weighted by atomic mass is 10.1. The molecular formula is C13H18F3N3O. The van der Waals surface area contributed by atoms with Gasteiger partial charge in [-0.3, -0.25) is 4.79 Å². The molecule has 0 aromatic heterocycles. The molecular weight excluding hydrogens is 271 g/mol. The first-order valence-corrected chi connectivity index (χ1v) is 6.08. The SMILES string of the molecule is CCN(CC(F)(F)F)C(=O)c1ccc(N(C)C)c(N)c1. The zero-order valence-electron chi connectivity index (χ0n) is 11.7. The predicted octanol–water partition coefficient (Wildman–Crippen LogP) is 2.36. The lowest BCUT2D eigenvalue weighted by Gasteiger charge is -2.23. The van der Waals surface area contributed by atoms with Crippen LogP contribution in [-0.4, -0.2) is 44.2 Å². The Kier molecular flexibility index (Phi) is 4.86. The molecule has 7 heteroatoms. The first-order valence-electron chi connectivity index (χ1n) is 6.08. The average Bonchev–Trinajstić information content (AvgIpc) is 2.33. The number of nitrogens with zero attached hydrogens (tertiary/aromatic N) is 2. The third-order valence-electron chi connectivity index (χ3n) is 2.80. The molecule has 1 aromatic rings. The predicted molar refractivity (Wildman–Crippen MR) is 72.8 cm³/mol. The van der Waals surface area contributed by atoms with Crippen LogP contribution in [0, 0.1) is 0 Å². The van der Waals surface area contributed by atoms with Crippen LogP contribution in [0.5, 0.6) is 0 Å². The molecule has 0 fully saturated rings. The number of rotatable bonds is 4. The van der Waals surface area contributed by atoms with Crippen molar-refractivity contribution in [1.29, 1.82) is 0 Å². The van der Waals surface area contributed by atoms with Crippen LogP contribution < -0.4 is 10.6 Å². The molecule has 0 saturated carbocycles. The normalized spacial score (nSPS) is 11.3. The Labute approximate surface area is 116 Å². The Morgan fingerprint density at radius 1 is 1.30 bits per heavy atom. The van der Waals surface area contributed by atoms with Gasteiger partial charge in [-0.2, -0.15) is 13.2 Å². The highest BCUT2D eigenvalue weighted by Gasteiger charge is 2.32. The van der Waals surface area contributed by atoms with Gasteiger partial charge in [0, 0.05) is 26.2 Å². The number of anilines is 2. The van der Waals surface area contributed by atoms with E-state index < -0.39 is 18.6 Å². The van der Waals surface area contributed by atoms with E-state index >= 15 is 0 Å². The fourth-order valence-electron chi connectivity index (χ4n) is 1.82. The summed E-state index contributed by atoms with van der Waals surface area (Å²) in [6, 6.07) is 4.49. The Hall–Kier alpha value is -1.92. The second-order valence-corrected chi connectivity index (χ2v) is 4.60. The topological polar surface area (TPSA) is 49.6 Å². The Morgan fingerprint density at radius 3 is 2.30 bits per heavy atom. The quantitative estimate of drug-likeness (QED) is 0.866. The molecule has 1 amide bonds. The Bertz CT molecular complexity index is 486. The molecule has 0 heterocycles. The van der Waals surface area contributed by atoms with Gasteiger partial charge in [-0.15, -0.1) is 0 Å². The standard InChI is InChI=1S/C13H18F3N3O/c1-4-19(8-13(14,15)16)12(20)9-5-6-11(18(2)3)10(17)7-9/h5-7H,4,8,17H2,1-3H3. The van der Waals surface area contributed by atoms with E-state index in [1.165, 1.54) is 19.1 Å². The number of hydrogen-bond acceptors (Lipinski definition) is 3. The van der Waals surface area contributed by atoms with Crippen LogP contribution in [0.3, 0.4) is 0 Å². The van der Waals surface area contributed by atoms with Gasteiger partial charge in [0.2, 0.25) is 0 Å². The van der Waals surface area contributed by atoms with Crippen molar-refractivity contribution in [2.24, 2.45) is 0 Å². The molecule has 1 rings (SSSR count). The van der Waals surface area contributed by atoms with Gasteiger partial charge >= 0.3 is 6.18 Å². The van der Waals surface area contributed by atoms with Crippen LogP contribution in [0.15, 0.2) is 18.2 Å². The summed E-state index contributed by atoms with van der Waals surface area (Å²) in [6.07, 6.45) is -4.42. The number of hydrogen-bond donors (Lipinski definition) is 1. The van der Waals surface area contributed by atoms with Gasteiger partial charge in [-0.1, -0.05) is 0 Å². The van der Waals surface area contributed by atoms with Crippen molar-refractivity contribution in [3.63, 3.8) is 0 Å². The third kappa shape index (κ3) is 4.04. The summed E-state index contributed by atoms with van der Waals surface area (Å²) in [5.74, 6) is -0.679. The van der Waals surface area contributed by atoms with E-state index in [4.69, 9.17) is 5.73 Å². The summed E-state index contributed by atoms with van der Waals surface area (Å²) in [5, 5.41) is 0. The maximum atomic E-state index is 12.4. The van der Waals surface area contributed by atoms with Crippen molar-refractivity contribution >= 4 is 17.3 Å². The van der Waals surface area contributed by atoms with Crippen molar-refractivity contribution < 1.29 is 18.0 Å². The fourth-order valence-corrected chi connectivity index (χ4v) is 1.82. The van der Waals surface area contributed by atoms with Crippen molar-refractivity contribution in [2.45, 2.75) is 13.1 Å². The zero-order valence-corrected chi connectivity index (χ0v) is 11.7. The largest absolute Gasteiger partial charge is 0.406 e. The van der Waals surface area contributed by atoms with E-state index in [2.05, 4.69) is 0 Å². The lowest BCUT2D eigenvalue weighted by molar-refractivity contribution is -0.140. The van der Waals surface area contributed by atoms with Gasteiger partial charge in [0.1, 0.15) is 6.54 Å². The number of benzene rings is 1. The highest BCUT2D eigenvalue weighted by molar-refractivity contribution is 5.96. The van der Waals surface area contributed by atoms with Gasteiger partial charge in [0.05, 0.1) is 11.4 Å². The smallest absolute Gasteiger partial charge is 0.397 e. The molecule has 112 valence electrons. The zero-order chi connectivity index (χ0) is 15.5. The molecule has 0 atom stereocenters. The number of carbonyl (C=O) groups is 1. The second kappa shape index (κ2) is 6.02. The Morgan fingerprint density at radius 2 is 1.90 bits per heavy atom. The molecule has 0 aliphatic carbocycles. The fraction of sp³-hybridized carbons (Fsp3) is 0.462. The molecule has 0 aliphatic heterocycles. The number of halogens is 3. The first kappa shape index (κ1) is 16.1. The van der Waals surface area contributed by atoms with Crippen LogP contribution in [0.1, 0.15) is 17.3 Å². The number of nitrogen functional groups attached to an aromatic ring is 1. The van der Waals surface area contributed by atoms with E-state index in [-0.39, 0.29) is 12.1 Å². The van der Waals surface area contributed by atoms with Crippen molar-refractivity contribution in [3.05, 3.63) is 23.8 Å². The summed E-state index contributed by atoms with van der Waals surface area (Å²) in [7, 11) is 3.57. The maximum absolute atomic E-state index is 12.4. The highest BCUT2D eigenvalue weighted by Crippen LogP contribution is 2.24. The summed E-state index contributed by atoms with van der Waals surface area (Å²) in [6.45, 7) is 0.215. The molecule has 4 nitrogen and oxygen atoms in total. The van der Waals surface area contributed by atoms with Crippen LogP contribution in [0.25, 0.3) is 0 Å². The van der Waals surface area contributed by atoms with E-state index in [0.29, 0.717) is 11.4 Å². The van der Waals surface area contributed by atoms with E-state index in [0.717, 1.165) is 4.90 Å². The molecule has 0 saturated heterocycles. The van der Waals surface area contributed by atoms with Gasteiger partial charge < -0.3 is 15.5 Å². The lowest BCUT2D eigenvalue weighted by Crippen LogP contribution is -2.38. The minimum atomic E-state index is -4.42. The molecule has 1 aromatic carbocycles. The van der Waals surface area contributed by atoms with Crippen molar-refractivity contribution in [1.82, 2.24) is 4.90 Å². The summed E-state index contributed by atoms with van der Waals surface area (Å²) < 4.78 is 37.2. The molecule has 0 radical (unpaired) electrons. The van der Waals surface area contributed by atoms with Gasteiger partial charge in [0.25, 0.3) is 5.91 Å². The minimum Gasteiger partial charge on any atom is -0.397 e. The maximum Gasteiger partial charge on any atom is 0.406 e. The average molecular weight is 289 g/mol.